The molecular weight excluding hydrogens is 248 g/mol. The summed E-state index contributed by atoms with van der Waals surface area (Å²) in [5, 5.41) is 7.99. The average molecular weight is 272 g/mol. The van der Waals surface area contributed by atoms with Crippen LogP contribution in [0.15, 0.2) is 24.5 Å². The van der Waals surface area contributed by atoms with Crippen molar-refractivity contribution < 1.29 is 0 Å². The molecule has 2 rings (SSSR count). The molecule has 108 valence electrons. The van der Waals surface area contributed by atoms with Gasteiger partial charge in [-0.3, -0.25) is 0 Å². The third-order valence-corrected chi connectivity index (χ3v) is 3.28. The average Bonchev–Trinajstić information content (AvgIpc) is 2.81. The highest BCUT2D eigenvalue weighted by Crippen LogP contribution is 2.15. The molecule has 0 saturated carbocycles. The molecule has 20 heavy (non-hydrogen) atoms. The van der Waals surface area contributed by atoms with Gasteiger partial charge < -0.3 is 5.32 Å². The number of nitrogens with one attached hydrogen (secondary N) is 1. The van der Waals surface area contributed by atoms with Gasteiger partial charge in [-0.15, -0.1) is 0 Å². The Morgan fingerprint density at radius 3 is 2.80 bits per heavy atom. The van der Waals surface area contributed by atoms with Crippen molar-refractivity contribution in [1.29, 1.82) is 0 Å². The van der Waals surface area contributed by atoms with Gasteiger partial charge in [0.1, 0.15) is 0 Å². The third kappa shape index (κ3) is 3.45. The van der Waals surface area contributed by atoms with Crippen molar-refractivity contribution in [3.63, 3.8) is 0 Å². The van der Waals surface area contributed by atoms with Gasteiger partial charge in [-0.05, 0) is 43.5 Å². The van der Waals surface area contributed by atoms with E-state index >= 15 is 0 Å². The second-order valence-electron chi connectivity index (χ2n) is 5.60. The standard InChI is InChI=1S/C16H24N4/c1-5-15-14(10-17-9-12(2)3)11-19-20(15)16-8-13(4)6-7-18-16/h6-8,11-12,17H,5,9-10H2,1-4H3. The van der Waals surface area contributed by atoms with Crippen LogP contribution in [-0.2, 0) is 13.0 Å². The molecule has 0 saturated heterocycles. The summed E-state index contributed by atoms with van der Waals surface area (Å²) < 4.78 is 1.96. The van der Waals surface area contributed by atoms with E-state index in [1.165, 1.54) is 16.8 Å². The van der Waals surface area contributed by atoms with Gasteiger partial charge in [0.05, 0.1) is 11.9 Å². The van der Waals surface area contributed by atoms with E-state index in [1.807, 2.05) is 23.1 Å². The molecule has 4 nitrogen and oxygen atoms in total. The number of aromatic nitrogens is 3. The van der Waals surface area contributed by atoms with Crippen LogP contribution in [0.1, 0.15) is 37.6 Å². The van der Waals surface area contributed by atoms with Crippen LogP contribution in [0.4, 0.5) is 0 Å². The van der Waals surface area contributed by atoms with Gasteiger partial charge >= 0.3 is 0 Å². The molecule has 0 unspecified atom stereocenters. The molecule has 0 aliphatic carbocycles. The minimum atomic E-state index is 0.661. The van der Waals surface area contributed by atoms with E-state index in [2.05, 4.69) is 49.2 Å². The van der Waals surface area contributed by atoms with Crippen LogP contribution < -0.4 is 5.32 Å². The van der Waals surface area contributed by atoms with Crippen molar-refractivity contribution in [2.45, 2.75) is 40.7 Å². The van der Waals surface area contributed by atoms with E-state index in [-0.39, 0.29) is 0 Å². The van der Waals surface area contributed by atoms with Crippen molar-refractivity contribution in [2.75, 3.05) is 6.54 Å². The highest BCUT2D eigenvalue weighted by atomic mass is 15.3. The first-order valence-corrected chi connectivity index (χ1v) is 7.31. The van der Waals surface area contributed by atoms with Gasteiger partial charge in [0.2, 0.25) is 0 Å². The maximum Gasteiger partial charge on any atom is 0.153 e. The predicted molar refractivity (Wildman–Crippen MR) is 82.0 cm³/mol. The van der Waals surface area contributed by atoms with Crippen LogP contribution >= 0.6 is 0 Å². The smallest absolute Gasteiger partial charge is 0.153 e. The lowest BCUT2D eigenvalue weighted by Gasteiger charge is -2.09. The molecule has 0 radical (unpaired) electrons. The summed E-state index contributed by atoms with van der Waals surface area (Å²) in [6.07, 6.45) is 4.74. The maximum atomic E-state index is 4.51. The monoisotopic (exact) mass is 272 g/mol. The Balaban J connectivity index is 2.21. The molecule has 1 N–H and O–H groups in total. The van der Waals surface area contributed by atoms with E-state index < -0.39 is 0 Å². The van der Waals surface area contributed by atoms with Gasteiger partial charge in [0, 0.05) is 18.3 Å². The van der Waals surface area contributed by atoms with Gasteiger partial charge in [-0.25, -0.2) is 9.67 Å². The van der Waals surface area contributed by atoms with Gasteiger partial charge in [-0.1, -0.05) is 20.8 Å². The molecule has 4 heteroatoms. The van der Waals surface area contributed by atoms with Gasteiger partial charge in [0.15, 0.2) is 5.82 Å². The second-order valence-corrected chi connectivity index (χ2v) is 5.60. The molecule has 0 aliphatic heterocycles. The van der Waals surface area contributed by atoms with Crippen LogP contribution in [0.25, 0.3) is 5.82 Å². The van der Waals surface area contributed by atoms with E-state index in [4.69, 9.17) is 0 Å². The summed E-state index contributed by atoms with van der Waals surface area (Å²) in [6.45, 7) is 10.6. The Bertz CT molecular complexity index is 557. The normalized spacial score (nSPS) is 11.2. The van der Waals surface area contributed by atoms with Crippen LogP contribution in [0, 0.1) is 12.8 Å². The SMILES string of the molecule is CCc1c(CNCC(C)C)cnn1-c1cc(C)ccn1. The number of pyridine rings is 1. The quantitative estimate of drug-likeness (QED) is 0.879. The topological polar surface area (TPSA) is 42.7 Å². The zero-order valence-corrected chi connectivity index (χ0v) is 12.8. The molecule has 0 fully saturated rings. The summed E-state index contributed by atoms with van der Waals surface area (Å²) in [7, 11) is 0. The zero-order chi connectivity index (χ0) is 14.5. The molecule has 0 aliphatic rings. The molecule has 0 aromatic carbocycles. The van der Waals surface area contributed by atoms with Gasteiger partial charge in [0.25, 0.3) is 0 Å². The van der Waals surface area contributed by atoms with E-state index in [9.17, 15) is 0 Å². The minimum absolute atomic E-state index is 0.661. The largest absolute Gasteiger partial charge is 0.312 e. The summed E-state index contributed by atoms with van der Waals surface area (Å²) in [4.78, 5) is 4.42. The summed E-state index contributed by atoms with van der Waals surface area (Å²) in [5.41, 5.74) is 3.70. The molecule has 0 spiro atoms. The van der Waals surface area contributed by atoms with Crippen molar-refractivity contribution in [3.8, 4) is 5.82 Å². The molecule has 0 atom stereocenters. The fourth-order valence-corrected chi connectivity index (χ4v) is 2.26. The molecule has 2 aromatic heterocycles. The first kappa shape index (κ1) is 14.7. The second kappa shape index (κ2) is 6.66. The highest BCUT2D eigenvalue weighted by Gasteiger charge is 2.11. The Hall–Kier alpha value is -1.68. The minimum Gasteiger partial charge on any atom is -0.312 e. The van der Waals surface area contributed by atoms with E-state index in [0.29, 0.717) is 5.92 Å². The Morgan fingerprint density at radius 1 is 1.35 bits per heavy atom. The number of hydrogen-bond donors (Lipinski definition) is 1. The maximum absolute atomic E-state index is 4.51. The zero-order valence-electron chi connectivity index (χ0n) is 12.8. The lowest BCUT2D eigenvalue weighted by molar-refractivity contribution is 0.551. The number of rotatable bonds is 6. The number of nitrogens with zero attached hydrogens (tertiary/aromatic N) is 3. The van der Waals surface area contributed by atoms with Crippen molar-refractivity contribution in [2.24, 2.45) is 5.92 Å². The molecule has 0 amide bonds. The number of aryl methyl sites for hydroxylation is 1. The summed E-state index contributed by atoms with van der Waals surface area (Å²) in [6, 6.07) is 4.07. The van der Waals surface area contributed by atoms with Crippen LogP contribution in [0.2, 0.25) is 0 Å². The first-order chi connectivity index (χ1) is 9.61. The summed E-state index contributed by atoms with van der Waals surface area (Å²) >= 11 is 0. The first-order valence-electron chi connectivity index (χ1n) is 7.31. The van der Waals surface area contributed by atoms with Gasteiger partial charge in [-0.2, -0.15) is 5.10 Å². The molecular formula is C16H24N4. The van der Waals surface area contributed by atoms with Crippen molar-refractivity contribution >= 4 is 0 Å². The molecule has 2 aromatic rings. The lowest BCUT2D eigenvalue weighted by atomic mass is 10.2. The fraction of sp³-hybridized carbons (Fsp3) is 0.500. The van der Waals surface area contributed by atoms with Crippen molar-refractivity contribution in [1.82, 2.24) is 20.1 Å². The predicted octanol–water partition coefficient (Wildman–Crippen LogP) is 2.88. The Kier molecular flexibility index (Phi) is 4.90. The lowest BCUT2D eigenvalue weighted by Crippen LogP contribution is -2.19. The van der Waals surface area contributed by atoms with Crippen LogP contribution in [-0.4, -0.2) is 21.3 Å². The third-order valence-electron chi connectivity index (χ3n) is 3.28. The van der Waals surface area contributed by atoms with Crippen molar-refractivity contribution in [3.05, 3.63) is 41.3 Å². The summed E-state index contributed by atoms with van der Waals surface area (Å²) in [5.74, 6) is 1.56. The fourth-order valence-electron chi connectivity index (χ4n) is 2.26. The van der Waals surface area contributed by atoms with Crippen LogP contribution in [0.3, 0.4) is 0 Å². The molecule has 0 bridgehead atoms. The van der Waals surface area contributed by atoms with E-state index in [1.54, 1.807) is 0 Å². The Morgan fingerprint density at radius 2 is 2.15 bits per heavy atom. The Labute approximate surface area is 121 Å². The highest BCUT2D eigenvalue weighted by molar-refractivity contribution is 5.31. The van der Waals surface area contributed by atoms with Crippen LogP contribution in [0.5, 0.6) is 0 Å². The molecule has 2 heterocycles. The van der Waals surface area contributed by atoms with E-state index in [0.717, 1.165) is 25.3 Å². The number of hydrogen-bond acceptors (Lipinski definition) is 3.